The van der Waals surface area contributed by atoms with Crippen molar-refractivity contribution in [3.05, 3.63) is 125 Å². The molecular weight excluding hydrogens is 597 g/mol. The fourth-order valence-corrected chi connectivity index (χ4v) is 9.65. The molecule has 0 aromatic heterocycles. The van der Waals surface area contributed by atoms with E-state index >= 15 is 0 Å². The molecule has 0 saturated carbocycles. The van der Waals surface area contributed by atoms with E-state index < -0.39 is 30.6 Å². The highest BCUT2D eigenvalue weighted by Gasteiger charge is 2.39. The number of amides is 1. The smallest absolute Gasteiger partial charge is 0.408 e. The van der Waals surface area contributed by atoms with E-state index in [4.69, 9.17) is 9.47 Å². The molecule has 41 heavy (non-hydrogen) atoms. The van der Waals surface area contributed by atoms with Gasteiger partial charge in [-0.05, 0) is 68.2 Å². The Hall–Kier alpha value is -3.60. The summed E-state index contributed by atoms with van der Waals surface area (Å²) in [6.07, 6.45) is -0.625. The van der Waals surface area contributed by atoms with Crippen molar-refractivity contribution >= 4 is 56.1 Å². The van der Waals surface area contributed by atoms with Crippen LogP contribution in [0.4, 0.5) is 4.79 Å². The lowest BCUT2D eigenvalue weighted by Crippen LogP contribution is -2.44. The van der Waals surface area contributed by atoms with Crippen LogP contribution in [0.15, 0.2) is 120 Å². The van der Waals surface area contributed by atoms with Crippen LogP contribution in [0.5, 0.6) is 0 Å². The highest BCUT2D eigenvalue weighted by molar-refractivity contribution is 9.10. The van der Waals surface area contributed by atoms with Crippen molar-refractivity contribution < 1.29 is 19.1 Å². The molecule has 0 spiro atoms. The number of hydrogen-bond donors (Lipinski definition) is 1. The van der Waals surface area contributed by atoms with Gasteiger partial charge in [-0.25, -0.2) is 9.59 Å². The summed E-state index contributed by atoms with van der Waals surface area (Å²) < 4.78 is 12.4. The van der Waals surface area contributed by atoms with Gasteiger partial charge >= 0.3 is 12.1 Å². The van der Waals surface area contributed by atoms with Gasteiger partial charge in [0, 0.05) is 4.47 Å². The topological polar surface area (TPSA) is 64.6 Å². The van der Waals surface area contributed by atoms with Crippen molar-refractivity contribution in [1.82, 2.24) is 5.32 Å². The number of carbonyl (C=O) groups excluding carboxylic acids is 2. The van der Waals surface area contributed by atoms with E-state index in [0.717, 1.165) is 25.9 Å². The number of hydrogen-bond acceptors (Lipinski definition) is 4. The lowest BCUT2D eigenvalue weighted by molar-refractivity contribution is -0.135. The van der Waals surface area contributed by atoms with Gasteiger partial charge in [0.15, 0.2) is 0 Å². The monoisotopic (exact) mass is 631 g/mol. The highest BCUT2D eigenvalue weighted by Crippen LogP contribution is 2.49. The van der Waals surface area contributed by atoms with Crippen molar-refractivity contribution in [1.29, 1.82) is 0 Å². The first kappa shape index (κ1) is 30.4. The van der Waals surface area contributed by atoms with E-state index in [2.05, 4.69) is 57.6 Å². The number of nitrogens with one attached hydrogen (secondary N) is 1. The third-order valence-electron chi connectivity index (χ3n) is 6.41. The molecule has 0 aliphatic rings. The summed E-state index contributed by atoms with van der Waals surface area (Å²) >= 11 is 3.52. The summed E-state index contributed by atoms with van der Waals surface area (Å²) in [6.45, 7) is 4.48. The molecule has 4 aromatic carbocycles. The second kappa shape index (κ2) is 13.4. The third kappa shape index (κ3) is 7.01. The number of rotatable bonds is 8. The molecule has 0 aliphatic heterocycles. The summed E-state index contributed by atoms with van der Waals surface area (Å²) in [5.74, 6) is -0.471. The molecule has 4 aromatic rings. The Morgan fingerprint density at radius 1 is 0.756 bits per heavy atom. The molecule has 0 fully saturated rings. The fraction of sp³-hybridized carbons (Fsp3) is 0.206. The normalized spacial score (nSPS) is 12.2. The van der Waals surface area contributed by atoms with Crippen LogP contribution in [0.2, 0.25) is 0 Å². The molecule has 1 N–H and O–H groups in total. The second-order valence-electron chi connectivity index (χ2n) is 10.4. The van der Waals surface area contributed by atoms with Gasteiger partial charge in [0.2, 0.25) is 0 Å². The maximum Gasteiger partial charge on any atom is 0.408 e. The van der Waals surface area contributed by atoms with Gasteiger partial charge in [-0.2, -0.15) is 0 Å². The van der Waals surface area contributed by atoms with Crippen LogP contribution in [0.1, 0.15) is 39.3 Å². The van der Waals surface area contributed by atoms with Crippen molar-refractivity contribution in [2.45, 2.75) is 39.3 Å². The second-order valence-corrected chi connectivity index (χ2v) is 14.7. The first-order valence-corrected chi connectivity index (χ1v) is 16.1. The largest absolute Gasteiger partial charge is 0.463 e. The van der Waals surface area contributed by atoms with Crippen molar-refractivity contribution in [3.63, 3.8) is 0 Å². The average Bonchev–Trinajstić information content (AvgIpc) is 2.96. The van der Waals surface area contributed by atoms with Gasteiger partial charge in [-0.3, -0.25) is 0 Å². The summed E-state index contributed by atoms with van der Waals surface area (Å²) in [5, 5.41) is 6.43. The quantitative estimate of drug-likeness (QED) is 0.173. The van der Waals surface area contributed by atoms with Gasteiger partial charge in [0.25, 0.3) is 0 Å². The van der Waals surface area contributed by atoms with E-state index in [9.17, 15) is 9.59 Å². The van der Waals surface area contributed by atoms with Gasteiger partial charge < -0.3 is 14.8 Å². The first-order valence-electron chi connectivity index (χ1n) is 13.5. The van der Waals surface area contributed by atoms with Crippen LogP contribution < -0.4 is 21.2 Å². The zero-order chi connectivity index (χ0) is 29.5. The maximum absolute atomic E-state index is 14.4. The molecule has 5 nitrogen and oxygen atoms in total. The van der Waals surface area contributed by atoms with Crippen molar-refractivity contribution in [2.24, 2.45) is 0 Å². The van der Waals surface area contributed by atoms with Crippen molar-refractivity contribution in [3.8, 4) is 0 Å². The summed E-state index contributed by atoms with van der Waals surface area (Å²) in [7, 11) is 0. The Morgan fingerprint density at radius 2 is 1.20 bits per heavy atom. The van der Waals surface area contributed by atoms with E-state index in [1.54, 1.807) is 6.92 Å². The zero-order valence-electron chi connectivity index (χ0n) is 23.7. The Balaban J connectivity index is 2.23. The van der Waals surface area contributed by atoms with Gasteiger partial charge in [-0.1, -0.05) is 119 Å². The number of halogens is 1. The standard InChI is InChI=1S/C34H35BrNO4P/c1-5-39-32(37)31(30(25-21-23-26(35)24-22-25)36-33(38)40-34(2,3)4)41(27-15-9-6-10-16-27,28-17-11-7-12-18-28)29-19-13-8-14-20-29/h6-24,30H,5H2,1-4H3,(H,36,38)/t30-/m1/s1. The number of esters is 1. The Labute approximate surface area is 251 Å². The Morgan fingerprint density at radius 3 is 1.59 bits per heavy atom. The SMILES string of the molecule is CCOC(=O)C([C@H](NC(=O)OC(C)(C)C)c1ccc(Br)cc1)=P(c1ccccc1)(c1ccccc1)c1ccccc1. The lowest BCUT2D eigenvalue weighted by atomic mass is 10.0. The van der Waals surface area contributed by atoms with E-state index in [0.29, 0.717) is 5.29 Å². The van der Waals surface area contributed by atoms with Crippen LogP contribution in [0, 0.1) is 0 Å². The molecule has 4 rings (SSSR count). The van der Waals surface area contributed by atoms with E-state index in [1.807, 2.05) is 99.6 Å². The van der Waals surface area contributed by atoms with Gasteiger partial charge in [0.05, 0.1) is 17.9 Å². The Bertz CT molecular complexity index is 1410. The van der Waals surface area contributed by atoms with Gasteiger partial charge in [-0.15, -0.1) is 0 Å². The Kier molecular flexibility index (Phi) is 9.90. The molecule has 0 aliphatic carbocycles. The van der Waals surface area contributed by atoms with Crippen molar-refractivity contribution in [2.75, 3.05) is 6.61 Å². The molecule has 212 valence electrons. The molecule has 0 unspecified atom stereocenters. The van der Waals surface area contributed by atoms with Crippen LogP contribution in [0.3, 0.4) is 0 Å². The van der Waals surface area contributed by atoms with Crippen LogP contribution >= 0.6 is 22.8 Å². The molecule has 1 amide bonds. The molecule has 0 heterocycles. The lowest BCUT2D eigenvalue weighted by Gasteiger charge is -2.35. The molecule has 7 heteroatoms. The predicted molar refractivity (Wildman–Crippen MR) is 173 cm³/mol. The minimum Gasteiger partial charge on any atom is -0.463 e. The average molecular weight is 633 g/mol. The number of alkyl carbamates (subject to hydrolysis) is 1. The van der Waals surface area contributed by atoms with Crippen LogP contribution in [-0.4, -0.2) is 29.6 Å². The first-order chi connectivity index (χ1) is 19.7. The number of benzene rings is 4. The predicted octanol–water partition coefficient (Wildman–Crippen LogP) is 6.74. The molecule has 1 atom stereocenters. The minimum atomic E-state index is -2.93. The zero-order valence-corrected chi connectivity index (χ0v) is 26.2. The van der Waals surface area contributed by atoms with E-state index in [1.165, 1.54) is 0 Å². The fourth-order valence-electron chi connectivity index (χ4n) is 4.86. The maximum atomic E-state index is 14.4. The van der Waals surface area contributed by atoms with E-state index in [-0.39, 0.29) is 6.61 Å². The minimum absolute atomic E-state index is 0.181. The summed E-state index contributed by atoms with van der Waals surface area (Å²) in [5.41, 5.74) is -0.00236. The molecular formula is C34H35BrNO4P. The van der Waals surface area contributed by atoms with Crippen LogP contribution in [0.25, 0.3) is 0 Å². The highest BCUT2D eigenvalue weighted by atomic mass is 79.9. The third-order valence-corrected chi connectivity index (χ3v) is 11.3. The molecule has 0 bridgehead atoms. The van der Waals surface area contributed by atoms with Crippen LogP contribution in [-0.2, 0) is 14.3 Å². The summed E-state index contributed by atoms with van der Waals surface area (Å²) in [4.78, 5) is 27.9. The van der Waals surface area contributed by atoms with Gasteiger partial charge in [0.1, 0.15) is 5.60 Å². The molecule has 0 saturated heterocycles. The number of carbonyl (C=O) groups is 2. The summed E-state index contributed by atoms with van der Waals surface area (Å²) in [6, 6.07) is 36.8. The number of ether oxygens (including phenoxy) is 2. The molecule has 0 radical (unpaired) electrons.